The first-order chi connectivity index (χ1) is 5.16. The molecule has 64 valence electrons. The molecule has 0 saturated heterocycles. The zero-order valence-corrected chi connectivity index (χ0v) is 7.19. The molecular weight excluding hydrogens is 166 g/mol. The Hall–Kier alpha value is -0.770. The molecule has 0 spiro atoms. The minimum Gasteiger partial charge on any atom is -0.350 e. The molecule has 11 heavy (non-hydrogen) atoms. The number of alkyl halides is 1. The van der Waals surface area contributed by atoms with Crippen LogP contribution >= 0.6 is 11.6 Å². The van der Waals surface area contributed by atoms with Crippen LogP contribution in [0.15, 0.2) is 5.10 Å². The van der Waals surface area contributed by atoms with Crippen LogP contribution in [0.1, 0.15) is 19.8 Å². The molecule has 0 bridgehead atoms. The van der Waals surface area contributed by atoms with E-state index in [9.17, 15) is 4.79 Å². The lowest BCUT2D eigenvalue weighted by molar-refractivity contribution is 0.249. The van der Waals surface area contributed by atoms with Crippen molar-refractivity contribution in [2.75, 3.05) is 5.88 Å². The maximum Gasteiger partial charge on any atom is 0.332 e. The average Bonchev–Trinajstić information content (AvgIpc) is 1.97. The van der Waals surface area contributed by atoms with E-state index < -0.39 is 6.03 Å². The number of carbonyl (C=O) groups excluding carboxylic acids is 1. The molecule has 0 rings (SSSR count). The molecule has 0 aromatic rings. The molecule has 0 aliphatic heterocycles. The number of primary amides is 1. The van der Waals surface area contributed by atoms with Crippen LogP contribution in [0.2, 0.25) is 0 Å². The number of nitrogens with two attached hydrogens (primary N) is 1. The summed E-state index contributed by atoms with van der Waals surface area (Å²) >= 11 is 5.44. The summed E-state index contributed by atoms with van der Waals surface area (Å²) < 4.78 is 0. The maximum absolute atomic E-state index is 10.2. The molecule has 0 saturated carbocycles. The zero-order chi connectivity index (χ0) is 8.69. The molecule has 2 amide bonds. The Labute approximate surface area is 70.8 Å². The van der Waals surface area contributed by atoms with Crippen LogP contribution in [0.25, 0.3) is 0 Å². The van der Waals surface area contributed by atoms with Crippen LogP contribution in [0.4, 0.5) is 4.79 Å². The van der Waals surface area contributed by atoms with E-state index in [-0.39, 0.29) is 0 Å². The molecule has 0 aliphatic rings. The summed E-state index contributed by atoms with van der Waals surface area (Å²) in [6.45, 7) is 1.81. The van der Waals surface area contributed by atoms with Crippen molar-refractivity contribution in [2.45, 2.75) is 19.8 Å². The van der Waals surface area contributed by atoms with E-state index in [0.717, 1.165) is 18.6 Å². The lowest BCUT2D eigenvalue weighted by atomic mass is 10.2. The van der Waals surface area contributed by atoms with Crippen molar-refractivity contribution in [2.24, 2.45) is 10.8 Å². The van der Waals surface area contributed by atoms with Gasteiger partial charge >= 0.3 is 6.03 Å². The van der Waals surface area contributed by atoms with Gasteiger partial charge in [-0.3, -0.25) is 0 Å². The predicted octanol–water partition coefficient (Wildman–Crippen LogP) is 1.05. The molecule has 0 heterocycles. The van der Waals surface area contributed by atoms with Gasteiger partial charge in [0.05, 0.1) is 0 Å². The van der Waals surface area contributed by atoms with Gasteiger partial charge < -0.3 is 5.73 Å². The van der Waals surface area contributed by atoms with E-state index >= 15 is 0 Å². The summed E-state index contributed by atoms with van der Waals surface area (Å²) in [5.41, 5.74) is 7.75. The van der Waals surface area contributed by atoms with E-state index in [2.05, 4.69) is 10.5 Å². The summed E-state index contributed by atoms with van der Waals surface area (Å²) in [6.07, 6.45) is 1.64. The van der Waals surface area contributed by atoms with Gasteiger partial charge in [0.2, 0.25) is 0 Å². The quantitative estimate of drug-likeness (QED) is 0.376. The minimum absolute atomic E-state index is 0.601. The zero-order valence-electron chi connectivity index (χ0n) is 6.43. The molecule has 0 atom stereocenters. The summed E-state index contributed by atoms with van der Waals surface area (Å²) in [4.78, 5) is 10.2. The fourth-order valence-electron chi connectivity index (χ4n) is 0.529. The van der Waals surface area contributed by atoms with Gasteiger partial charge in [-0.1, -0.05) is 0 Å². The van der Waals surface area contributed by atoms with Gasteiger partial charge in [0.15, 0.2) is 0 Å². The Bertz CT molecular complexity index is 158. The number of hydrogen-bond acceptors (Lipinski definition) is 2. The van der Waals surface area contributed by atoms with Crippen LogP contribution in [-0.2, 0) is 0 Å². The standard InChI is InChI=1S/C6H12ClN3O/c1-5(3-2-4-7)9-10-6(8)11/h2-4H2,1H3,(H3,8,10,11)/b9-5+. The fourth-order valence-corrected chi connectivity index (χ4v) is 0.663. The maximum atomic E-state index is 10.2. The van der Waals surface area contributed by atoms with Gasteiger partial charge in [0.1, 0.15) is 0 Å². The third-order valence-electron chi connectivity index (χ3n) is 1.03. The first-order valence-corrected chi connectivity index (χ1v) is 3.85. The third-order valence-corrected chi connectivity index (χ3v) is 1.30. The smallest absolute Gasteiger partial charge is 0.332 e. The lowest BCUT2D eigenvalue weighted by Crippen LogP contribution is -2.25. The molecule has 0 aromatic heterocycles. The minimum atomic E-state index is -0.643. The van der Waals surface area contributed by atoms with Crippen LogP contribution in [0, 0.1) is 0 Å². The first-order valence-electron chi connectivity index (χ1n) is 3.31. The van der Waals surface area contributed by atoms with E-state index in [1.807, 2.05) is 6.92 Å². The second kappa shape index (κ2) is 5.97. The van der Waals surface area contributed by atoms with E-state index in [0.29, 0.717) is 5.88 Å². The Morgan fingerprint density at radius 1 is 1.73 bits per heavy atom. The van der Waals surface area contributed by atoms with Crippen LogP contribution in [0.5, 0.6) is 0 Å². The highest BCUT2D eigenvalue weighted by Gasteiger charge is 1.91. The van der Waals surface area contributed by atoms with Crippen molar-refractivity contribution in [3.8, 4) is 0 Å². The topological polar surface area (TPSA) is 67.5 Å². The second-order valence-electron chi connectivity index (χ2n) is 2.12. The molecule has 0 unspecified atom stereocenters. The van der Waals surface area contributed by atoms with Crippen LogP contribution < -0.4 is 11.2 Å². The van der Waals surface area contributed by atoms with Gasteiger partial charge in [-0.2, -0.15) is 5.10 Å². The van der Waals surface area contributed by atoms with Crippen LogP contribution in [-0.4, -0.2) is 17.6 Å². The first kappa shape index (κ1) is 10.2. The normalized spacial score (nSPS) is 11.3. The van der Waals surface area contributed by atoms with Crippen molar-refractivity contribution >= 4 is 23.3 Å². The lowest BCUT2D eigenvalue weighted by Gasteiger charge is -1.97. The monoisotopic (exact) mass is 177 g/mol. The number of hydrazone groups is 1. The Kier molecular flexibility index (Phi) is 5.56. The van der Waals surface area contributed by atoms with Crippen LogP contribution in [0.3, 0.4) is 0 Å². The molecular formula is C6H12ClN3O. The number of carbonyl (C=O) groups is 1. The molecule has 0 aromatic carbocycles. The predicted molar refractivity (Wildman–Crippen MR) is 45.8 cm³/mol. The number of nitrogens with one attached hydrogen (secondary N) is 1. The summed E-state index contributed by atoms with van der Waals surface area (Å²) in [5, 5.41) is 3.69. The van der Waals surface area contributed by atoms with Crippen molar-refractivity contribution in [3.63, 3.8) is 0 Å². The Morgan fingerprint density at radius 3 is 2.82 bits per heavy atom. The largest absolute Gasteiger partial charge is 0.350 e. The molecule has 0 aliphatic carbocycles. The van der Waals surface area contributed by atoms with Gasteiger partial charge in [-0.15, -0.1) is 11.6 Å². The van der Waals surface area contributed by atoms with Crippen molar-refractivity contribution in [1.29, 1.82) is 0 Å². The summed E-state index contributed by atoms with van der Waals surface area (Å²) in [5.74, 6) is 0.601. The second-order valence-corrected chi connectivity index (χ2v) is 2.49. The molecule has 5 heteroatoms. The van der Waals surface area contributed by atoms with Crippen molar-refractivity contribution < 1.29 is 4.79 Å². The van der Waals surface area contributed by atoms with Gasteiger partial charge in [-0.25, -0.2) is 10.2 Å². The fraction of sp³-hybridized carbons (Fsp3) is 0.667. The van der Waals surface area contributed by atoms with E-state index in [1.54, 1.807) is 0 Å². The van der Waals surface area contributed by atoms with E-state index in [4.69, 9.17) is 17.3 Å². The van der Waals surface area contributed by atoms with Gasteiger partial charge in [-0.05, 0) is 19.8 Å². The highest BCUT2D eigenvalue weighted by Crippen LogP contribution is 1.93. The Morgan fingerprint density at radius 2 is 2.36 bits per heavy atom. The average molecular weight is 178 g/mol. The molecule has 0 radical (unpaired) electrons. The highest BCUT2D eigenvalue weighted by molar-refractivity contribution is 6.17. The number of nitrogens with zero attached hydrogens (tertiary/aromatic N) is 1. The number of urea groups is 1. The highest BCUT2D eigenvalue weighted by atomic mass is 35.5. The number of hydrogen-bond donors (Lipinski definition) is 2. The van der Waals surface area contributed by atoms with Gasteiger partial charge in [0, 0.05) is 11.6 Å². The number of halogens is 1. The number of rotatable bonds is 4. The third kappa shape index (κ3) is 7.12. The molecule has 0 fully saturated rings. The van der Waals surface area contributed by atoms with Crippen molar-refractivity contribution in [1.82, 2.24) is 5.43 Å². The molecule has 3 N–H and O–H groups in total. The summed E-state index contributed by atoms with van der Waals surface area (Å²) in [6, 6.07) is -0.643. The van der Waals surface area contributed by atoms with Gasteiger partial charge in [0.25, 0.3) is 0 Å². The SMILES string of the molecule is C/C(CCCCl)=N\NC(N)=O. The Balaban J connectivity index is 3.54. The summed E-state index contributed by atoms with van der Waals surface area (Å²) in [7, 11) is 0. The molecule has 4 nitrogen and oxygen atoms in total. The van der Waals surface area contributed by atoms with Crippen molar-refractivity contribution in [3.05, 3.63) is 0 Å². The number of amides is 2. The van der Waals surface area contributed by atoms with E-state index in [1.165, 1.54) is 0 Å².